The highest BCUT2D eigenvalue weighted by molar-refractivity contribution is 5.65. The van der Waals surface area contributed by atoms with Gasteiger partial charge in [0, 0.05) is 18.7 Å². The average molecular weight is 232 g/mol. The van der Waals surface area contributed by atoms with Gasteiger partial charge < -0.3 is 4.74 Å². The van der Waals surface area contributed by atoms with Crippen LogP contribution in [0.1, 0.15) is 11.1 Å². The second-order valence-electron chi connectivity index (χ2n) is 4.22. The fraction of sp³-hybridized carbons (Fsp3) is 0.308. The molecule has 0 saturated carbocycles. The Morgan fingerprint density at radius 1 is 1.41 bits per heavy atom. The predicted octanol–water partition coefficient (Wildman–Crippen LogP) is 2.30. The van der Waals surface area contributed by atoms with Crippen molar-refractivity contribution in [2.75, 3.05) is 6.61 Å². The molecule has 0 aliphatic carbocycles. The zero-order chi connectivity index (χ0) is 11.8. The van der Waals surface area contributed by atoms with Gasteiger partial charge >= 0.3 is 0 Å². The molecule has 88 valence electrons. The number of rotatable bonds is 1. The van der Waals surface area contributed by atoms with Crippen molar-refractivity contribution in [3.8, 4) is 11.3 Å². The number of nitrogens with zero attached hydrogens (tertiary/aromatic N) is 2. The van der Waals surface area contributed by atoms with Gasteiger partial charge in [-0.2, -0.15) is 9.49 Å². The predicted molar refractivity (Wildman–Crippen MR) is 62.0 cm³/mol. The molecule has 0 N–H and O–H groups in total. The minimum absolute atomic E-state index is 0.315. The highest BCUT2D eigenvalue weighted by Crippen LogP contribution is 2.28. The number of halogens is 1. The zero-order valence-electron chi connectivity index (χ0n) is 9.61. The number of aryl methyl sites for hydroxylation is 1. The van der Waals surface area contributed by atoms with Gasteiger partial charge in [-0.25, -0.2) is 4.68 Å². The molecule has 0 bridgehead atoms. The molecule has 1 aromatic carbocycles. The molecule has 0 amide bonds. The lowest BCUT2D eigenvalue weighted by atomic mass is 9.95. The quantitative estimate of drug-likeness (QED) is 0.754. The van der Waals surface area contributed by atoms with Crippen molar-refractivity contribution in [1.82, 2.24) is 9.78 Å². The van der Waals surface area contributed by atoms with Crippen LogP contribution in [0.25, 0.3) is 11.3 Å². The summed E-state index contributed by atoms with van der Waals surface area (Å²) < 4.78 is 20.0. The van der Waals surface area contributed by atoms with E-state index in [1.54, 1.807) is 7.05 Å². The Hall–Kier alpha value is -1.68. The first-order chi connectivity index (χ1) is 8.25. The van der Waals surface area contributed by atoms with Crippen molar-refractivity contribution in [2.45, 2.75) is 13.0 Å². The van der Waals surface area contributed by atoms with Gasteiger partial charge in [0.2, 0.25) is 5.95 Å². The van der Waals surface area contributed by atoms with Crippen LogP contribution in [-0.4, -0.2) is 16.4 Å². The third-order valence-corrected chi connectivity index (χ3v) is 3.13. The zero-order valence-corrected chi connectivity index (χ0v) is 9.61. The maximum atomic E-state index is 13.3. The second-order valence-corrected chi connectivity index (χ2v) is 4.22. The van der Waals surface area contributed by atoms with Crippen LogP contribution >= 0.6 is 0 Å². The normalized spacial score (nSPS) is 14.7. The number of hydrogen-bond acceptors (Lipinski definition) is 2. The fourth-order valence-electron chi connectivity index (χ4n) is 2.24. The van der Waals surface area contributed by atoms with E-state index in [2.05, 4.69) is 11.2 Å². The van der Waals surface area contributed by atoms with Crippen LogP contribution in [0.15, 0.2) is 24.3 Å². The monoisotopic (exact) mass is 232 g/mol. The molecule has 1 aliphatic rings. The molecule has 1 aromatic heterocycles. The summed E-state index contributed by atoms with van der Waals surface area (Å²) in [6, 6.07) is 7.49. The van der Waals surface area contributed by atoms with Crippen LogP contribution in [0.2, 0.25) is 0 Å². The van der Waals surface area contributed by atoms with Crippen molar-refractivity contribution in [2.24, 2.45) is 7.05 Å². The van der Waals surface area contributed by atoms with Crippen LogP contribution in [-0.2, 0) is 24.8 Å². The van der Waals surface area contributed by atoms with Crippen LogP contribution in [0.3, 0.4) is 0 Å². The van der Waals surface area contributed by atoms with Gasteiger partial charge in [0.1, 0.15) is 0 Å². The minimum atomic E-state index is -0.315. The summed E-state index contributed by atoms with van der Waals surface area (Å²) in [5.74, 6) is -0.315. The van der Waals surface area contributed by atoms with Crippen molar-refractivity contribution >= 4 is 0 Å². The smallest absolute Gasteiger partial charge is 0.211 e. The molecule has 0 radical (unpaired) electrons. The van der Waals surface area contributed by atoms with Crippen molar-refractivity contribution in [1.29, 1.82) is 0 Å². The van der Waals surface area contributed by atoms with Crippen molar-refractivity contribution in [3.63, 3.8) is 0 Å². The molecule has 0 spiro atoms. The molecule has 3 rings (SSSR count). The SMILES string of the molecule is Cn1nc(-c2cccc3c2CCOC3)cc1F. The molecule has 1 aliphatic heterocycles. The average Bonchev–Trinajstić information content (AvgIpc) is 2.69. The fourth-order valence-corrected chi connectivity index (χ4v) is 2.24. The molecule has 0 unspecified atom stereocenters. The van der Waals surface area contributed by atoms with Gasteiger partial charge in [-0.1, -0.05) is 18.2 Å². The Kier molecular flexibility index (Phi) is 2.44. The molecule has 2 aromatic rings. The highest BCUT2D eigenvalue weighted by atomic mass is 19.1. The maximum absolute atomic E-state index is 13.3. The standard InChI is InChI=1S/C13H13FN2O/c1-16-13(14)7-12(15-16)11-4-2-3-9-8-17-6-5-10(9)11/h2-4,7H,5-6,8H2,1H3. The first-order valence-electron chi connectivity index (χ1n) is 5.64. The Bertz CT molecular complexity index is 543. The van der Waals surface area contributed by atoms with E-state index < -0.39 is 0 Å². The second kappa shape index (κ2) is 3.96. The van der Waals surface area contributed by atoms with Gasteiger partial charge in [0.15, 0.2) is 0 Å². The van der Waals surface area contributed by atoms with E-state index in [0.29, 0.717) is 12.3 Å². The maximum Gasteiger partial charge on any atom is 0.211 e. The van der Waals surface area contributed by atoms with Gasteiger partial charge in [-0.3, -0.25) is 0 Å². The summed E-state index contributed by atoms with van der Waals surface area (Å²) >= 11 is 0. The summed E-state index contributed by atoms with van der Waals surface area (Å²) in [6.07, 6.45) is 0.865. The largest absolute Gasteiger partial charge is 0.376 e. The summed E-state index contributed by atoms with van der Waals surface area (Å²) in [5, 5.41) is 4.19. The number of aromatic nitrogens is 2. The van der Waals surface area contributed by atoms with E-state index in [1.165, 1.54) is 21.9 Å². The Balaban J connectivity index is 2.14. The van der Waals surface area contributed by atoms with Crippen LogP contribution in [0, 0.1) is 5.95 Å². The van der Waals surface area contributed by atoms with Crippen LogP contribution < -0.4 is 0 Å². The Morgan fingerprint density at radius 2 is 2.29 bits per heavy atom. The molecule has 17 heavy (non-hydrogen) atoms. The molecular formula is C13H13FN2O. The van der Waals surface area contributed by atoms with Crippen molar-refractivity contribution < 1.29 is 9.13 Å². The third kappa shape index (κ3) is 1.74. The van der Waals surface area contributed by atoms with Gasteiger partial charge in [-0.15, -0.1) is 0 Å². The lowest BCUT2D eigenvalue weighted by Gasteiger charge is -2.18. The molecule has 3 nitrogen and oxygen atoms in total. The number of ether oxygens (including phenoxy) is 1. The van der Waals surface area contributed by atoms with Crippen molar-refractivity contribution in [3.05, 3.63) is 41.3 Å². The highest BCUT2D eigenvalue weighted by Gasteiger charge is 2.16. The molecular weight excluding hydrogens is 219 g/mol. The number of benzene rings is 1. The van der Waals surface area contributed by atoms with Gasteiger partial charge in [0.25, 0.3) is 0 Å². The Labute approximate surface area is 98.8 Å². The van der Waals surface area contributed by atoms with E-state index >= 15 is 0 Å². The molecule has 0 saturated heterocycles. The number of hydrogen-bond donors (Lipinski definition) is 0. The topological polar surface area (TPSA) is 27.1 Å². The lowest BCUT2D eigenvalue weighted by molar-refractivity contribution is 0.111. The molecule has 0 atom stereocenters. The summed E-state index contributed by atoms with van der Waals surface area (Å²) in [4.78, 5) is 0. The summed E-state index contributed by atoms with van der Waals surface area (Å²) in [7, 11) is 1.61. The van der Waals surface area contributed by atoms with E-state index in [4.69, 9.17) is 4.74 Å². The number of fused-ring (bicyclic) bond motifs is 1. The summed E-state index contributed by atoms with van der Waals surface area (Å²) in [5.41, 5.74) is 4.13. The third-order valence-electron chi connectivity index (χ3n) is 3.13. The lowest BCUT2D eigenvalue weighted by Crippen LogP contribution is -2.11. The van der Waals surface area contributed by atoms with E-state index in [1.807, 2.05) is 12.1 Å². The van der Waals surface area contributed by atoms with E-state index in [9.17, 15) is 4.39 Å². The minimum Gasteiger partial charge on any atom is -0.376 e. The van der Waals surface area contributed by atoms with Gasteiger partial charge in [0.05, 0.1) is 18.9 Å². The molecule has 2 heterocycles. The van der Waals surface area contributed by atoms with E-state index in [0.717, 1.165) is 18.6 Å². The molecule has 0 fully saturated rings. The first-order valence-corrected chi connectivity index (χ1v) is 5.64. The van der Waals surface area contributed by atoms with Crippen LogP contribution in [0.4, 0.5) is 4.39 Å². The van der Waals surface area contributed by atoms with Gasteiger partial charge in [-0.05, 0) is 17.5 Å². The van der Waals surface area contributed by atoms with Crippen LogP contribution in [0.5, 0.6) is 0 Å². The van der Waals surface area contributed by atoms with E-state index in [-0.39, 0.29) is 5.95 Å². The Morgan fingerprint density at radius 3 is 3.06 bits per heavy atom. The summed E-state index contributed by atoms with van der Waals surface area (Å²) in [6.45, 7) is 1.36. The molecule has 4 heteroatoms. The first kappa shape index (κ1) is 10.5.